The standard InChI is InChI=1S/C15H32N2O2/c1-13(2)5-4-6-14(3)16-11-15(18)12-17-7-9-19-10-8-17/h13-16,18H,4-12H2,1-3H3. The van der Waals surface area contributed by atoms with Crippen LogP contribution < -0.4 is 5.32 Å². The molecule has 1 rings (SSSR count). The molecular weight excluding hydrogens is 240 g/mol. The summed E-state index contributed by atoms with van der Waals surface area (Å²) in [5.41, 5.74) is 0. The van der Waals surface area contributed by atoms with E-state index in [1.54, 1.807) is 0 Å². The molecule has 1 aliphatic heterocycles. The molecule has 1 saturated heterocycles. The van der Waals surface area contributed by atoms with E-state index in [2.05, 4.69) is 31.0 Å². The van der Waals surface area contributed by atoms with Gasteiger partial charge in [-0.05, 0) is 19.3 Å². The van der Waals surface area contributed by atoms with Gasteiger partial charge in [0.2, 0.25) is 0 Å². The zero-order chi connectivity index (χ0) is 14.1. The van der Waals surface area contributed by atoms with E-state index in [-0.39, 0.29) is 6.10 Å². The zero-order valence-corrected chi connectivity index (χ0v) is 12.9. The highest BCUT2D eigenvalue weighted by Crippen LogP contribution is 2.08. The predicted molar refractivity (Wildman–Crippen MR) is 79.4 cm³/mol. The van der Waals surface area contributed by atoms with Crippen LogP contribution in [0.5, 0.6) is 0 Å². The van der Waals surface area contributed by atoms with Crippen LogP contribution in [0.2, 0.25) is 0 Å². The molecular formula is C15H32N2O2. The summed E-state index contributed by atoms with van der Waals surface area (Å²) < 4.78 is 5.30. The third kappa shape index (κ3) is 8.58. The number of hydrogen-bond acceptors (Lipinski definition) is 4. The van der Waals surface area contributed by atoms with Crippen LogP contribution in [0.15, 0.2) is 0 Å². The van der Waals surface area contributed by atoms with Crippen molar-refractivity contribution in [3.05, 3.63) is 0 Å². The van der Waals surface area contributed by atoms with Gasteiger partial charge in [-0.2, -0.15) is 0 Å². The Balaban J connectivity index is 2.03. The molecule has 114 valence electrons. The van der Waals surface area contributed by atoms with Crippen molar-refractivity contribution >= 4 is 0 Å². The fourth-order valence-electron chi connectivity index (χ4n) is 2.42. The molecule has 0 bridgehead atoms. The third-order valence-electron chi connectivity index (χ3n) is 3.69. The summed E-state index contributed by atoms with van der Waals surface area (Å²) in [5, 5.41) is 13.5. The van der Waals surface area contributed by atoms with Gasteiger partial charge in [-0.1, -0.05) is 26.7 Å². The van der Waals surface area contributed by atoms with E-state index < -0.39 is 0 Å². The van der Waals surface area contributed by atoms with E-state index in [1.165, 1.54) is 19.3 Å². The predicted octanol–water partition coefficient (Wildman–Crippen LogP) is 1.48. The van der Waals surface area contributed by atoms with Crippen molar-refractivity contribution in [3.8, 4) is 0 Å². The maximum atomic E-state index is 10.0. The molecule has 2 atom stereocenters. The molecule has 1 heterocycles. The first-order valence-corrected chi connectivity index (χ1v) is 7.79. The first kappa shape index (κ1) is 16.9. The second kappa shape index (κ2) is 9.70. The highest BCUT2D eigenvalue weighted by Gasteiger charge is 2.15. The topological polar surface area (TPSA) is 44.7 Å². The number of ether oxygens (including phenoxy) is 1. The SMILES string of the molecule is CC(C)CCCC(C)NCC(O)CN1CCOCC1. The summed E-state index contributed by atoms with van der Waals surface area (Å²) in [6.07, 6.45) is 3.49. The van der Waals surface area contributed by atoms with E-state index in [1.807, 2.05) is 0 Å². The number of β-amino-alcohol motifs (C(OH)–C–C–N with tert-alkyl or cyclic N) is 1. The normalized spacial score (nSPS) is 20.7. The molecule has 2 unspecified atom stereocenters. The summed E-state index contributed by atoms with van der Waals surface area (Å²) in [6.45, 7) is 11.7. The Morgan fingerprint density at radius 2 is 1.84 bits per heavy atom. The van der Waals surface area contributed by atoms with Crippen LogP contribution in [-0.2, 0) is 4.74 Å². The first-order valence-electron chi connectivity index (χ1n) is 7.79. The number of nitrogens with one attached hydrogen (secondary N) is 1. The van der Waals surface area contributed by atoms with Gasteiger partial charge in [0.1, 0.15) is 0 Å². The molecule has 0 aliphatic carbocycles. The van der Waals surface area contributed by atoms with Crippen LogP contribution in [-0.4, -0.2) is 61.5 Å². The lowest BCUT2D eigenvalue weighted by atomic mass is 10.0. The zero-order valence-electron chi connectivity index (χ0n) is 12.9. The van der Waals surface area contributed by atoms with Gasteiger partial charge < -0.3 is 15.2 Å². The molecule has 1 aliphatic rings. The quantitative estimate of drug-likeness (QED) is 0.667. The van der Waals surface area contributed by atoms with E-state index in [0.717, 1.165) is 38.8 Å². The first-order chi connectivity index (χ1) is 9.08. The average Bonchev–Trinajstić information content (AvgIpc) is 2.37. The maximum absolute atomic E-state index is 10.0. The van der Waals surface area contributed by atoms with Crippen molar-refractivity contribution in [1.82, 2.24) is 10.2 Å². The van der Waals surface area contributed by atoms with Crippen molar-refractivity contribution in [2.75, 3.05) is 39.4 Å². The second-order valence-electron chi connectivity index (χ2n) is 6.20. The lowest BCUT2D eigenvalue weighted by molar-refractivity contribution is 0.0145. The molecule has 0 amide bonds. The Morgan fingerprint density at radius 1 is 1.16 bits per heavy atom. The van der Waals surface area contributed by atoms with Crippen molar-refractivity contribution in [3.63, 3.8) is 0 Å². The maximum Gasteiger partial charge on any atom is 0.0791 e. The highest BCUT2D eigenvalue weighted by atomic mass is 16.5. The van der Waals surface area contributed by atoms with Crippen molar-refractivity contribution in [2.45, 2.75) is 52.2 Å². The van der Waals surface area contributed by atoms with Crippen LogP contribution in [0, 0.1) is 5.92 Å². The molecule has 4 heteroatoms. The van der Waals surface area contributed by atoms with Gasteiger partial charge in [0.25, 0.3) is 0 Å². The van der Waals surface area contributed by atoms with Crippen LogP contribution in [0.3, 0.4) is 0 Å². The van der Waals surface area contributed by atoms with Gasteiger partial charge >= 0.3 is 0 Å². The smallest absolute Gasteiger partial charge is 0.0791 e. The molecule has 19 heavy (non-hydrogen) atoms. The summed E-state index contributed by atoms with van der Waals surface area (Å²) >= 11 is 0. The van der Waals surface area contributed by atoms with Crippen LogP contribution in [0.1, 0.15) is 40.0 Å². The molecule has 1 fully saturated rings. The van der Waals surface area contributed by atoms with Crippen molar-refractivity contribution in [1.29, 1.82) is 0 Å². The number of aliphatic hydroxyl groups is 1. The van der Waals surface area contributed by atoms with Gasteiger partial charge in [0, 0.05) is 32.2 Å². The van der Waals surface area contributed by atoms with E-state index in [9.17, 15) is 5.11 Å². The van der Waals surface area contributed by atoms with Crippen molar-refractivity contribution < 1.29 is 9.84 Å². The number of morpholine rings is 1. The van der Waals surface area contributed by atoms with E-state index >= 15 is 0 Å². The molecule has 4 nitrogen and oxygen atoms in total. The monoisotopic (exact) mass is 272 g/mol. The molecule has 0 aromatic rings. The van der Waals surface area contributed by atoms with Gasteiger partial charge in [-0.25, -0.2) is 0 Å². The van der Waals surface area contributed by atoms with Crippen LogP contribution in [0.4, 0.5) is 0 Å². The largest absolute Gasteiger partial charge is 0.390 e. The summed E-state index contributed by atoms with van der Waals surface area (Å²) in [7, 11) is 0. The van der Waals surface area contributed by atoms with E-state index in [4.69, 9.17) is 4.74 Å². The lowest BCUT2D eigenvalue weighted by Crippen LogP contribution is -2.44. The minimum atomic E-state index is -0.273. The summed E-state index contributed by atoms with van der Waals surface area (Å²) in [4.78, 5) is 2.28. The van der Waals surface area contributed by atoms with Crippen molar-refractivity contribution in [2.24, 2.45) is 5.92 Å². The molecule has 0 spiro atoms. The van der Waals surface area contributed by atoms with E-state index in [0.29, 0.717) is 12.6 Å². The average molecular weight is 272 g/mol. The fraction of sp³-hybridized carbons (Fsp3) is 1.00. The minimum absolute atomic E-state index is 0.273. The van der Waals surface area contributed by atoms with Gasteiger partial charge in [-0.3, -0.25) is 4.90 Å². The number of aliphatic hydroxyl groups excluding tert-OH is 1. The van der Waals surface area contributed by atoms with Crippen LogP contribution in [0.25, 0.3) is 0 Å². The molecule has 0 saturated carbocycles. The Bertz CT molecular complexity index is 218. The Hall–Kier alpha value is -0.160. The number of hydrogen-bond donors (Lipinski definition) is 2. The molecule has 2 N–H and O–H groups in total. The Labute approximate surface area is 118 Å². The minimum Gasteiger partial charge on any atom is -0.390 e. The fourth-order valence-corrected chi connectivity index (χ4v) is 2.42. The molecule has 0 aromatic heterocycles. The highest BCUT2D eigenvalue weighted by molar-refractivity contribution is 4.71. The third-order valence-corrected chi connectivity index (χ3v) is 3.69. The Kier molecular flexibility index (Phi) is 8.62. The second-order valence-corrected chi connectivity index (χ2v) is 6.20. The van der Waals surface area contributed by atoms with Gasteiger partial charge in [0.05, 0.1) is 19.3 Å². The summed E-state index contributed by atoms with van der Waals surface area (Å²) in [6, 6.07) is 0.498. The number of nitrogens with zero attached hydrogens (tertiary/aromatic N) is 1. The van der Waals surface area contributed by atoms with Gasteiger partial charge in [-0.15, -0.1) is 0 Å². The summed E-state index contributed by atoms with van der Waals surface area (Å²) in [5.74, 6) is 0.791. The van der Waals surface area contributed by atoms with Crippen LogP contribution >= 0.6 is 0 Å². The molecule has 0 aromatic carbocycles. The van der Waals surface area contributed by atoms with Gasteiger partial charge in [0.15, 0.2) is 0 Å². The number of rotatable bonds is 9. The Morgan fingerprint density at radius 3 is 2.47 bits per heavy atom. The molecule has 0 radical (unpaired) electrons. The lowest BCUT2D eigenvalue weighted by Gasteiger charge is -2.29.